The van der Waals surface area contributed by atoms with E-state index in [1.165, 1.54) is 12.8 Å². The Hall–Kier alpha value is -2.04. The van der Waals surface area contributed by atoms with Crippen molar-refractivity contribution in [3.05, 3.63) is 34.9 Å². The minimum absolute atomic E-state index is 0.761. The predicted octanol–water partition coefficient (Wildman–Crippen LogP) is 2.19. The van der Waals surface area contributed by atoms with Gasteiger partial charge in [0.15, 0.2) is 5.82 Å². The third-order valence-corrected chi connectivity index (χ3v) is 3.40. The number of nitrogens with zero attached hydrogens (tertiary/aromatic N) is 5. The molecule has 0 fully saturated rings. The van der Waals surface area contributed by atoms with Crippen molar-refractivity contribution in [1.29, 1.82) is 0 Å². The van der Waals surface area contributed by atoms with E-state index in [9.17, 15) is 0 Å². The van der Waals surface area contributed by atoms with E-state index in [1.807, 2.05) is 30.7 Å². The van der Waals surface area contributed by atoms with Crippen LogP contribution in [0.1, 0.15) is 41.6 Å². The van der Waals surface area contributed by atoms with Crippen LogP contribution >= 0.6 is 0 Å². The molecule has 19 heavy (non-hydrogen) atoms. The second kappa shape index (κ2) is 4.91. The molecule has 98 valence electrons. The summed E-state index contributed by atoms with van der Waals surface area (Å²) in [7, 11) is 0. The summed E-state index contributed by atoms with van der Waals surface area (Å²) in [6.45, 7) is 4.91. The minimum Gasteiger partial charge on any atom is -0.257 e. The first kappa shape index (κ1) is 12.0. The highest BCUT2D eigenvalue weighted by atomic mass is 15.3. The van der Waals surface area contributed by atoms with E-state index < -0.39 is 0 Å². The van der Waals surface area contributed by atoms with Gasteiger partial charge in [0, 0.05) is 13.0 Å². The van der Waals surface area contributed by atoms with Gasteiger partial charge in [-0.2, -0.15) is 5.10 Å². The quantitative estimate of drug-likeness (QED) is 0.825. The molecule has 0 spiro atoms. The first-order chi connectivity index (χ1) is 9.22. The molecule has 5 heteroatoms. The van der Waals surface area contributed by atoms with Crippen molar-refractivity contribution in [2.45, 2.75) is 39.7 Å². The van der Waals surface area contributed by atoms with Gasteiger partial charge in [-0.05, 0) is 38.8 Å². The van der Waals surface area contributed by atoms with Crippen molar-refractivity contribution in [3.63, 3.8) is 0 Å². The molecule has 0 radical (unpaired) electrons. The monoisotopic (exact) mass is 255 g/mol. The van der Waals surface area contributed by atoms with Crippen molar-refractivity contribution in [1.82, 2.24) is 24.7 Å². The van der Waals surface area contributed by atoms with E-state index >= 15 is 0 Å². The average molecular weight is 255 g/mol. The first-order valence-corrected chi connectivity index (χ1v) is 6.64. The van der Waals surface area contributed by atoms with E-state index in [-0.39, 0.29) is 0 Å². The van der Waals surface area contributed by atoms with Crippen LogP contribution in [0.4, 0.5) is 0 Å². The molecule has 0 bridgehead atoms. The van der Waals surface area contributed by atoms with E-state index in [2.05, 4.69) is 20.1 Å². The Labute approximate surface area is 112 Å². The highest BCUT2D eigenvalue weighted by Crippen LogP contribution is 2.13. The summed E-state index contributed by atoms with van der Waals surface area (Å²) in [4.78, 5) is 13.3. The molecular weight excluding hydrogens is 238 g/mol. The highest BCUT2D eigenvalue weighted by Gasteiger charge is 2.12. The van der Waals surface area contributed by atoms with Crippen LogP contribution in [0.15, 0.2) is 6.20 Å². The van der Waals surface area contributed by atoms with E-state index in [4.69, 9.17) is 0 Å². The predicted molar refractivity (Wildman–Crippen MR) is 73.4 cm³/mol. The molecule has 2 aromatic heterocycles. The molecule has 0 amide bonds. The van der Waals surface area contributed by atoms with Gasteiger partial charge in [-0.15, -0.1) is 0 Å². The zero-order chi connectivity index (χ0) is 13.2. The third kappa shape index (κ3) is 2.54. The average Bonchev–Trinajstić information content (AvgIpc) is 2.83. The lowest BCUT2D eigenvalue weighted by Gasteiger charge is -2.09. The van der Waals surface area contributed by atoms with Crippen LogP contribution < -0.4 is 0 Å². The van der Waals surface area contributed by atoms with Gasteiger partial charge in [-0.3, -0.25) is 9.97 Å². The van der Waals surface area contributed by atoms with Crippen LogP contribution in [0.25, 0.3) is 12.2 Å². The van der Waals surface area contributed by atoms with E-state index in [1.54, 1.807) is 6.20 Å². The zero-order valence-electron chi connectivity index (χ0n) is 11.3. The maximum Gasteiger partial charge on any atom is 0.174 e. The molecule has 0 aliphatic carbocycles. The van der Waals surface area contributed by atoms with Crippen molar-refractivity contribution in [2.24, 2.45) is 0 Å². The first-order valence-electron chi connectivity index (χ1n) is 6.64. The Bertz CT molecular complexity index is 603. The molecule has 5 nitrogen and oxygen atoms in total. The summed E-state index contributed by atoms with van der Waals surface area (Å²) in [5.74, 6) is 1.86. The smallest absolute Gasteiger partial charge is 0.174 e. The Morgan fingerprint density at radius 1 is 1.11 bits per heavy atom. The maximum absolute atomic E-state index is 4.52. The molecule has 0 saturated heterocycles. The van der Waals surface area contributed by atoms with Gasteiger partial charge < -0.3 is 0 Å². The molecule has 3 heterocycles. The lowest BCUT2D eigenvalue weighted by molar-refractivity contribution is 0.479. The number of aromatic nitrogens is 5. The fraction of sp³-hybridized carbons (Fsp3) is 0.429. The second-order valence-corrected chi connectivity index (χ2v) is 4.87. The second-order valence-electron chi connectivity index (χ2n) is 4.87. The summed E-state index contributed by atoms with van der Waals surface area (Å²) in [6.07, 6.45) is 9.04. The molecule has 2 aromatic rings. The Kier molecular flexibility index (Phi) is 3.11. The van der Waals surface area contributed by atoms with Crippen molar-refractivity contribution in [3.8, 4) is 0 Å². The SMILES string of the molecule is Cc1ncc(/C=C/c2nc3n(n2)CCCC3)nc1C. The Morgan fingerprint density at radius 3 is 2.79 bits per heavy atom. The zero-order valence-corrected chi connectivity index (χ0v) is 11.3. The lowest BCUT2D eigenvalue weighted by atomic mass is 10.2. The molecule has 3 rings (SSSR count). The summed E-state index contributed by atoms with van der Waals surface area (Å²) < 4.78 is 2.01. The minimum atomic E-state index is 0.761. The standard InChI is InChI=1S/C14H17N5/c1-10-11(2)16-12(9-15-10)6-7-13-17-14-5-3-4-8-19(14)18-13/h6-7,9H,3-5,8H2,1-2H3/b7-6+. The normalized spacial score (nSPS) is 14.8. The summed E-state index contributed by atoms with van der Waals surface area (Å²) in [5.41, 5.74) is 2.77. The fourth-order valence-electron chi connectivity index (χ4n) is 2.17. The van der Waals surface area contributed by atoms with Gasteiger partial charge >= 0.3 is 0 Å². The molecule has 0 atom stereocenters. The van der Waals surface area contributed by atoms with Gasteiger partial charge in [-0.1, -0.05) is 0 Å². The number of hydrogen-bond acceptors (Lipinski definition) is 4. The number of hydrogen-bond donors (Lipinski definition) is 0. The number of fused-ring (bicyclic) bond motifs is 1. The summed E-state index contributed by atoms with van der Waals surface area (Å²) >= 11 is 0. The van der Waals surface area contributed by atoms with Gasteiger partial charge in [-0.25, -0.2) is 9.67 Å². The topological polar surface area (TPSA) is 56.5 Å². The molecule has 1 aliphatic rings. The van der Waals surface area contributed by atoms with Crippen molar-refractivity contribution >= 4 is 12.2 Å². The van der Waals surface area contributed by atoms with Crippen molar-refractivity contribution < 1.29 is 0 Å². The fourth-order valence-corrected chi connectivity index (χ4v) is 2.17. The van der Waals surface area contributed by atoms with Gasteiger partial charge in [0.1, 0.15) is 5.82 Å². The van der Waals surface area contributed by atoms with Crippen LogP contribution in [0.3, 0.4) is 0 Å². The third-order valence-electron chi connectivity index (χ3n) is 3.40. The molecule has 0 aromatic carbocycles. The molecule has 1 aliphatic heterocycles. The molecule has 0 saturated carbocycles. The van der Waals surface area contributed by atoms with Gasteiger partial charge in [0.2, 0.25) is 0 Å². The Balaban J connectivity index is 1.82. The number of aryl methyl sites for hydroxylation is 4. The molecule has 0 unspecified atom stereocenters. The van der Waals surface area contributed by atoms with Crippen LogP contribution in [0.5, 0.6) is 0 Å². The van der Waals surface area contributed by atoms with Crippen LogP contribution in [0.2, 0.25) is 0 Å². The van der Waals surface area contributed by atoms with E-state index in [0.717, 1.165) is 41.7 Å². The lowest BCUT2D eigenvalue weighted by Crippen LogP contribution is -2.11. The van der Waals surface area contributed by atoms with Crippen LogP contribution in [-0.2, 0) is 13.0 Å². The highest BCUT2D eigenvalue weighted by molar-refractivity contribution is 5.64. The van der Waals surface area contributed by atoms with Gasteiger partial charge in [0.25, 0.3) is 0 Å². The number of rotatable bonds is 2. The maximum atomic E-state index is 4.52. The van der Waals surface area contributed by atoms with Crippen LogP contribution in [0, 0.1) is 13.8 Å². The Morgan fingerprint density at radius 2 is 2.00 bits per heavy atom. The van der Waals surface area contributed by atoms with Gasteiger partial charge in [0.05, 0.1) is 23.3 Å². The van der Waals surface area contributed by atoms with Crippen molar-refractivity contribution in [2.75, 3.05) is 0 Å². The van der Waals surface area contributed by atoms with E-state index in [0.29, 0.717) is 0 Å². The largest absolute Gasteiger partial charge is 0.257 e. The summed E-state index contributed by atoms with van der Waals surface area (Å²) in [6, 6.07) is 0. The molecular formula is C14H17N5. The van der Waals surface area contributed by atoms with Crippen LogP contribution in [-0.4, -0.2) is 24.7 Å². The summed E-state index contributed by atoms with van der Waals surface area (Å²) in [5, 5.41) is 4.48. The molecule has 0 N–H and O–H groups in total.